The number of hydrogen-bond donors (Lipinski definition) is 1. The number of nitrogens with one attached hydrogen (secondary N) is 1. The second-order valence-corrected chi connectivity index (χ2v) is 10.3. The molecule has 6 heteroatoms. The zero-order valence-electron chi connectivity index (χ0n) is 18.0. The molecule has 1 aliphatic carbocycles. The van der Waals surface area contributed by atoms with Crippen molar-refractivity contribution in [1.82, 2.24) is 5.32 Å². The van der Waals surface area contributed by atoms with Crippen LogP contribution in [0.5, 0.6) is 0 Å². The number of rotatable bonds is 7. The smallest absolute Gasteiger partial charge is 0.248 e. The van der Waals surface area contributed by atoms with Crippen LogP contribution in [-0.2, 0) is 16.0 Å². The maximum absolute atomic E-state index is 13.7. The highest BCUT2D eigenvalue weighted by molar-refractivity contribution is 7.10. The molecule has 0 aliphatic heterocycles. The van der Waals surface area contributed by atoms with Crippen LogP contribution in [0, 0.1) is 13.8 Å². The normalized spacial score (nSPS) is 15.0. The average molecular weight is 453 g/mol. The lowest BCUT2D eigenvalue weighted by molar-refractivity contribution is -0.126. The summed E-state index contributed by atoms with van der Waals surface area (Å²) >= 11 is 3.09. The fraction of sp³-hybridized carbons (Fsp3) is 0.360. The molecule has 4 rings (SSSR count). The number of nitrogens with zero attached hydrogens (tertiary/aromatic N) is 1. The van der Waals surface area contributed by atoms with Crippen LogP contribution in [0.25, 0.3) is 0 Å². The molecule has 162 valence electrons. The van der Waals surface area contributed by atoms with Gasteiger partial charge in [-0.05, 0) is 72.8 Å². The third kappa shape index (κ3) is 5.25. The lowest BCUT2D eigenvalue weighted by Crippen LogP contribution is -2.46. The van der Waals surface area contributed by atoms with E-state index in [1.54, 1.807) is 16.2 Å². The molecule has 0 radical (unpaired) electrons. The van der Waals surface area contributed by atoms with E-state index in [0.29, 0.717) is 0 Å². The Balaban J connectivity index is 1.74. The van der Waals surface area contributed by atoms with Crippen molar-refractivity contribution in [3.8, 4) is 0 Å². The van der Waals surface area contributed by atoms with Gasteiger partial charge < -0.3 is 5.32 Å². The van der Waals surface area contributed by atoms with Gasteiger partial charge in [-0.1, -0.05) is 31.0 Å². The molecule has 1 aromatic carbocycles. The first kappa shape index (κ1) is 21.8. The van der Waals surface area contributed by atoms with Gasteiger partial charge in [-0.25, -0.2) is 0 Å². The van der Waals surface area contributed by atoms with Crippen molar-refractivity contribution >= 4 is 40.2 Å². The molecule has 1 fully saturated rings. The largest absolute Gasteiger partial charge is 0.351 e. The van der Waals surface area contributed by atoms with Crippen molar-refractivity contribution in [2.45, 2.75) is 58.0 Å². The first-order valence-electron chi connectivity index (χ1n) is 10.8. The van der Waals surface area contributed by atoms with Crippen LogP contribution in [-0.4, -0.2) is 17.9 Å². The third-order valence-corrected chi connectivity index (χ3v) is 7.48. The molecule has 0 unspecified atom stereocenters. The first-order valence-corrected chi connectivity index (χ1v) is 12.5. The second kappa shape index (κ2) is 9.79. The van der Waals surface area contributed by atoms with Gasteiger partial charge in [-0.3, -0.25) is 14.5 Å². The third-order valence-electron chi connectivity index (χ3n) is 5.68. The van der Waals surface area contributed by atoms with E-state index in [4.69, 9.17) is 0 Å². The van der Waals surface area contributed by atoms with Gasteiger partial charge in [0.2, 0.25) is 11.8 Å². The van der Waals surface area contributed by atoms with Crippen LogP contribution in [0.4, 0.5) is 5.69 Å². The SMILES string of the molecule is Cc1cc(C)cc(N(C(=O)Cc2cccs2)[C@H](C(=O)NC2CCCC2)c2cccs2)c1. The zero-order chi connectivity index (χ0) is 21.8. The van der Waals surface area contributed by atoms with E-state index >= 15 is 0 Å². The van der Waals surface area contributed by atoms with Gasteiger partial charge in [-0.15, -0.1) is 22.7 Å². The predicted octanol–water partition coefficient (Wildman–Crippen LogP) is 5.80. The Morgan fingerprint density at radius 3 is 2.32 bits per heavy atom. The molecule has 3 aromatic rings. The molecule has 0 spiro atoms. The topological polar surface area (TPSA) is 49.4 Å². The Hall–Kier alpha value is -2.44. The maximum atomic E-state index is 13.7. The van der Waals surface area contributed by atoms with Crippen LogP contribution < -0.4 is 10.2 Å². The summed E-state index contributed by atoms with van der Waals surface area (Å²) in [5.74, 6) is -0.152. The summed E-state index contributed by atoms with van der Waals surface area (Å²) in [5, 5.41) is 7.18. The minimum atomic E-state index is -0.672. The van der Waals surface area contributed by atoms with Gasteiger partial charge in [0.1, 0.15) is 6.04 Å². The summed E-state index contributed by atoms with van der Waals surface area (Å²) in [7, 11) is 0. The van der Waals surface area contributed by atoms with E-state index in [-0.39, 0.29) is 24.3 Å². The molecule has 1 N–H and O–H groups in total. The Bertz CT molecular complexity index is 1000. The number of aryl methyl sites for hydroxylation is 2. The summed E-state index contributed by atoms with van der Waals surface area (Å²) in [6.07, 6.45) is 4.59. The molecule has 2 amide bonds. The van der Waals surface area contributed by atoms with Crippen LogP contribution in [0.1, 0.15) is 52.6 Å². The van der Waals surface area contributed by atoms with Crippen molar-refractivity contribution in [2.24, 2.45) is 0 Å². The number of benzene rings is 1. The minimum absolute atomic E-state index is 0.0626. The molecular formula is C25H28N2O2S2. The summed E-state index contributed by atoms with van der Waals surface area (Å²) in [6, 6.07) is 13.4. The van der Waals surface area contributed by atoms with Crippen LogP contribution in [0.15, 0.2) is 53.2 Å². The molecule has 31 heavy (non-hydrogen) atoms. The molecule has 1 atom stereocenters. The van der Waals surface area contributed by atoms with Gasteiger partial charge in [0.25, 0.3) is 0 Å². The van der Waals surface area contributed by atoms with Gasteiger partial charge in [0, 0.05) is 21.5 Å². The maximum Gasteiger partial charge on any atom is 0.248 e. The van der Waals surface area contributed by atoms with E-state index in [1.807, 2.05) is 61.0 Å². The summed E-state index contributed by atoms with van der Waals surface area (Å²) in [4.78, 5) is 30.9. The number of anilines is 1. The van der Waals surface area contributed by atoms with Gasteiger partial charge in [0.05, 0.1) is 6.42 Å². The van der Waals surface area contributed by atoms with Crippen LogP contribution in [0.2, 0.25) is 0 Å². The Kier molecular flexibility index (Phi) is 6.88. The standard InChI is InChI=1S/C25H28N2O2S2/c1-17-13-18(2)15-20(14-17)27(23(28)16-21-9-5-11-30-21)24(22-10-6-12-31-22)25(29)26-19-7-3-4-8-19/h5-6,9-15,19,24H,3-4,7-8,16H2,1-2H3,(H,26,29)/t24-/m0/s1. The summed E-state index contributed by atoms with van der Waals surface area (Å²) in [6.45, 7) is 4.05. The lowest BCUT2D eigenvalue weighted by Gasteiger charge is -2.32. The molecular weight excluding hydrogens is 424 g/mol. The fourth-order valence-corrected chi connectivity index (χ4v) is 5.85. The Morgan fingerprint density at radius 1 is 1.03 bits per heavy atom. The molecule has 4 nitrogen and oxygen atoms in total. The van der Waals surface area contributed by atoms with Crippen molar-refractivity contribution in [2.75, 3.05) is 4.90 Å². The van der Waals surface area contributed by atoms with Crippen molar-refractivity contribution in [3.63, 3.8) is 0 Å². The van der Waals surface area contributed by atoms with Gasteiger partial charge in [0.15, 0.2) is 0 Å². The predicted molar refractivity (Wildman–Crippen MR) is 129 cm³/mol. The monoisotopic (exact) mass is 452 g/mol. The van der Waals surface area contributed by atoms with Crippen molar-refractivity contribution < 1.29 is 9.59 Å². The summed E-state index contributed by atoms with van der Waals surface area (Å²) < 4.78 is 0. The second-order valence-electron chi connectivity index (χ2n) is 8.27. The molecule has 1 saturated carbocycles. The highest BCUT2D eigenvalue weighted by Crippen LogP contribution is 2.33. The number of amides is 2. The molecule has 2 aromatic heterocycles. The van der Waals surface area contributed by atoms with Gasteiger partial charge in [-0.2, -0.15) is 0 Å². The number of hydrogen-bond acceptors (Lipinski definition) is 4. The van der Waals surface area contributed by atoms with E-state index in [0.717, 1.165) is 52.3 Å². The Morgan fingerprint density at radius 2 is 1.71 bits per heavy atom. The minimum Gasteiger partial charge on any atom is -0.351 e. The van der Waals surface area contributed by atoms with E-state index in [1.165, 1.54) is 11.3 Å². The van der Waals surface area contributed by atoms with E-state index in [9.17, 15) is 9.59 Å². The number of carbonyl (C=O) groups excluding carboxylic acids is 2. The number of carbonyl (C=O) groups is 2. The fourth-order valence-electron chi connectivity index (χ4n) is 4.34. The molecule has 0 saturated heterocycles. The quantitative estimate of drug-likeness (QED) is 0.492. The zero-order valence-corrected chi connectivity index (χ0v) is 19.6. The van der Waals surface area contributed by atoms with Crippen molar-refractivity contribution in [3.05, 3.63) is 74.1 Å². The highest BCUT2D eigenvalue weighted by Gasteiger charge is 2.35. The summed E-state index contributed by atoms with van der Waals surface area (Å²) in [5.41, 5.74) is 2.93. The Labute approximate surface area is 191 Å². The molecule has 2 heterocycles. The van der Waals surface area contributed by atoms with Crippen LogP contribution >= 0.6 is 22.7 Å². The van der Waals surface area contributed by atoms with E-state index < -0.39 is 6.04 Å². The first-order chi connectivity index (χ1) is 15.0. The average Bonchev–Trinajstić information content (AvgIpc) is 3.48. The van der Waals surface area contributed by atoms with Gasteiger partial charge >= 0.3 is 0 Å². The van der Waals surface area contributed by atoms with Crippen molar-refractivity contribution in [1.29, 1.82) is 0 Å². The lowest BCUT2D eigenvalue weighted by atomic mass is 10.1. The molecule has 1 aliphatic rings. The number of thiophene rings is 2. The van der Waals surface area contributed by atoms with Crippen LogP contribution in [0.3, 0.4) is 0 Å². The highest BCUT2D eigenvalue weighted by atomic mass is 32.1. The van der Waals surface area contributed by atoms with E-state index in [2.05, 4.69) is 11.4 Å². The molecule has 0 bridgehead atoms.